The lowest BCUT2D eigenvalue weighted by molar-refractivity contribution is -0.0503. The molecule has 0 saturated heterocycles. The molecule has 0 spiro atoms. The van der Waals surface area contributed by atoms with E-state index < -0.39 is 6.61 Å². The maximum absolute atomic E-state index is 12.2. The van der Waals surface area contributed by atoms with Gasteiger partial charge in [0, 0.05) is 16.5 Å². The van der Waals surface area contributed by atoms with Crippen molar-refractivity contribution in [1.82, 2.24) is 0 Å². The van der Waals surface area contributed by atoms with Gasteiger partial charge in [-0.3, -0.25) is 4.79 Å². The van der Waals surface area contributed by atoms with Gasteiger partial charge in [-0.1, -0.05) is 44.0 Å². The third kappa shape index (κ3) is 3.74. The van der Waals surface area contributed by atoms with E-state index in [0.717, 1.165) is 0 Å². The maximum atomic E-state index is 12.2. The first kappa shape index (κ1) is 14.6. The number of ketones is 1. The summed E-state index contributed by atoms with van der Waals surface area (Å²) < 4.78 is 28.8. The molecular formula is C11H10Br2F2O2. The molecule has 17 heavy (non-hydrogen) atoms. The molecule has 1 atom stereocenters. The molecule has 0 aliphatic rings. The van der Waals surface area contributed by atoms with Crippen LogP contribution in [0.15, 0.2) is 18.2 Å². The predicted octanol–water partition coefficient (Wildman–Crippen LogP) is 4.15. The summed E-state index contributed by atoms with van der Waals surface area (Å²) in [5.74, 6) is -0.143. The molecule has 0 fully saturated rings. The van der Waals surface area contributed by atoms with Crippen molar-refractivity contribution in [2.24, 2.45) is 0 Å². The molecule has 0 N–H and O–H groups in total. The molecule has 0 saturated carbocycles. The number of hydrogen-bond acceptors (Lipinski definition) is 2. The number of benzene rings is 1. The minimum absolute atomic E-state index is 0.0240. The molecule has 6 heteroatoms. The Morgan fingerprint density at radius 2 is 2.12 bits per heavy atom. The molecule has 1 unspecified atom stereocenters. The average Bonchev–Trinajstić information content (AvgIpc) is 2.26. The van der Waals surface area contributed by atoms with Gasteiger partial charge in [0.15, 0.2) is 5.78 Å². The quantitative estimate of drug-likeness (QED) is 0.574. The molecular weight excluding hydrogens is 362 g/mol. The third-order valence-electron chi connectivity index (χ3n) is 2.11. The van der Waals surface area contributed by atoms with Gasteiger partial charge in [-0.25, -0.2) is 0 Å². The lowest BCUT2D eigenvalue weighted by atomic mass is 10.0. The van der Waals surface area contributed by atoms with Crippen LogP contribution in [0, 0.1) is 0 Å². The number of halogens is 4. The highest BCUT2D eigenvalue weighted by molar-refractivity contribution is 9.10. The van der Waals surface area contributed by atoms with Crippen LogP contribution < -0.4 is 4.74 Å². The molecule has 94 valence electrons. The van der Waals surface area contributed by atoms with Crippen molar-refractivity contribution in [3.8, 4) is 5.75 Å². The topological polar surface area (TPSA) is 26.3 Å². The fraction of sp³-hybridized carbons (Fsp3) is 0.364. The summed E-state index contributed by atoms with van der Waals surface area (Å²) in [6.45, 7) is -1.22. The van der Waals surface area contributed by atoms with Gasteiger partial charge in [0.25, 0.3) is 0 Å². The second-order valence-corrected chi connectivity index (χ2v) is 5.21. The van der Waals surface area contributed by atoms with Crippen molar-refractivity contribution in [2.75, 3.05) is 0 Å². The Hall–Kier alpha value is -0.490. The lowest BCUT2D eigenvalue weighted by Gasteiger charge is -2.13. The molecule has 2 nitrogen and oxygen atoms in total. The Labute approximate surface area is 115 Å². The molecule has 1 aromatic rings. The highest BCUT2D eigenvalue weighted by Gasteiger charge is 2.19. The summed E-state index contributed by atoms with van der Waals surface area (Å²) in [4.78, 5) is 11.5. The van der Waals surface area contributed by atoms with Crippen LogP contribution >= 0.6 is 31.9 Å². The summed E-state index contributed by atoms with van der Waals surface area (Å²) in [5, 5.41) is 0.274. The summed E-state index contributed by atoms with van der Waals surface area (Å²) in [5.41, 5.74) is 0.813. The Morgan fingerprint density at radius 1 is 1.47 bits per heavy atom. The first-order valence-electron chi connectivity index (χ1n) is 4.78. The fourth-order valence-corrected chi connectivity index (χ4v) is 2.18. The van der Waals surface area contributed by atoms with Crippen LogP contribution in [0.25, 0.3) is 0 Å². The van der Waals surface area contributed by atoms with E-state index in [-0.39, 0.29) is 21.7 Å². The Balaban J connectivity index is 3.18. The minimum Gasteiger partial charge on any atom is -0.434 e. The van der Waals surface area contributed by atoms with Gasteiger partial charge >= 0.3 is 6.61 Å². The van der Waals surface area contributed by atoms with Gasteiger partial charge < -0.3 is 4.74 Å². The van der Waals surface area contributed by atoms with Crippen molar-refractivity contribution >= 4 is 37.6 Å². The maximum Gasteiger partial charge on any atom is 0.387 e. The molecule has 0 amide bonds. The fourth-order valence-electron chi connectivity index (χ4n) is 1.36. The molecule has 0 aliphatic heterocycles. The zero-order valence-corrected chi connectivity index (χ0v) is 12.1. The van der Waals surface area contributed by atoms with Crippen molar-refractivity contribution in [2.45, 2.75) is 23.7 Å². The van der Waals surface area contributed by atoms with E-state index in [0.29, 0.717) is 11.1 Å². The number of rotatable bonds is 5. The third-order valence-corrected chi connectivity index (χ3v) is 3.09. The minimum atomic E-state index is -2.90. The summed E-state index contributed by atoms with van der Waals surface area (Å²) in [6.07, 6.45) is 0. The lowest BCUT2D eigenvalue weighted by Crippen LogP contribution is -2.14. The monoisotopic (exact) mass is 370 g/mol. The molecule has 0 heterocycles. The zero-order valence-electron chi connectivity index (χ0n) is 8.92. The van der Waals surface area contributed by atoms with Crippen molar-refractivity contribution < 1.29 is 18.3 Å². The van der Waals surface area contributed by atoms with Crippen LogP contribution in [0.2, 0.25) is 0 Å². The normalized spacial score (nSPS) is 12.6. The predicted molar refractivity (Wildman–Crippen MR) is 68.4 cm³/mol. The van der Waals surface area contributed by atoms with E-state index in [4.69, 9.17) is 0 Å². The van der Waals surface area contributed by atoms with Crippen LogP contribution in [0.4, 0.5) is 8.78 Å². The average molecular weight is 372 g/mol. The molecule has 1 rings (SSSR count). The highest BCUT2D eigenvalue weighted by atomic mass is 79.9. The number of ether oxygens (including phenoxy) is 1. The van der Waals surface area contributed by atoms with E-state index in [2.05, 4.69) is 36.6 Å². The SMILES string of the molecule is CC(Br)C(=O)c1cccc(OC(F)F)c1CBr. The van der Waals surface area contributed by atoms with Crippen molar-refractivity contribution in [3.63, 3.8) is 0 Å². The first-order chi connectivity index (χ1) is 7.97. The first-order valence-corrected chi connectivity index (χ1v) is 6.82. The van der Waals surface area contributed by atoms with Crippen LogP contribution in [0.3, 0.4) is 0 Å². The molecule has 0 aliphatic carbocycles. The van der Waals surface area contributed by atoms with Gasteiger partial charge in [0.05, 0.1) is 4.83 Å². The Bertz CT molecular complexity index is 408. The summed E-state index contributed by atoms with van der Waals surface area (Å²) in [7, 11) is 0. The van der Waals surface area contributed by atoms with Crippen LogP contribution in [-0.2, 0) is 5.33 Å². The smallest absolute Gasteiger partial charge is 0.387 e. The standard InChI is InChI=1S/C11H10Br2F2O2/c1-6(13)10(16)7-3-2-4-9(8(7)5-12)17-11(14)15/h2-4,6,11H,5H2,1H3. The molecule has 1 aromatic carbocycles. The zero-order chi connectivity index (χ0) is 13.0. The van der Waals surface area contributed by atoms with E-state index in [9.17, 15) is 13.6 Å². The van der Waals surface area contributed by atoms with E-state index >= 15 is 0 Å². The van der Waals surface area contributed by atoms with E-state index in [1.54, 1.807) is 13.0 Å². The number of carbonyl (C=O) groups excluding carboxylic acids is 1. The number of hydrogen-bond donors (Lipinski definition) is 0. The summed E-state index contributed by atoms with van der Waals surface area (Å²) >= 11 is 6.34. The van der Waals surface area contributed by atoms with Crippen LogP contribution in [-0.4, -0.2) is 17.2 Å². The van der Waals surface area contributed by atoms with Gasteiger partial charge in [0.1, 0.15) is 5.75 Å². The number of alkyl halides is 4. The summed E-state index contributed by atoms with van der Waals surface area (Å²) in [6, 6.07) is 4.53. The Kier molecular flexibility index (Phi) is 5.52. The molecule has 0 bridgehead atoms. The van der Waals surface area contributed by atoms with Gasteiger partial charge in [-0.15, -0.1) is 0 Å². The molecule has 0 aromatic heterocycles. The largest absolute Gasteiger partial charge is 0.434 e. The van der Waals surface area contributed by atoms with Gasteiger partial charge in [-0.2, -0.15) is 8.78 Å². The number of Topliss-reactive ketones (excluding diaryl/α,β-unsaturated/α-hetero) is 1. The second kappa shape index (κ2) is 6.44. The highest BCUT2D eigenvalue weighted by Crippen LogP contribution is 2.28. The van der Waals surface area contributed by atoms with Crippen LogP contribution in [0.5, 0.6) is 5.75 Å². The van der Waals surface area contributed by atoms with Gasteiger partial charge in [0.2, 0.25) is 0 Å². The molecule has 0 radical (unpaired) electrons. The number of carbonyl (C=O) groups is 1. The second-order valence-electron chi connectivity index (χ2n) is 3.27. The Morgan fingerprint density at radius 3 is 2.59 bits per heavy atom. The van der Waals surface area contributed by atoms with Crippen molar-refractivity contribution in [3.05, 3.63) is 29.3 Å². The van der Waals surface area contributed by atoms with Gasteiger partial charge in [-0.05, 0) is 13.0 Å². The van der Waals surface area contributed by atoms with Crippen molar-refractivity contribution in [1.29, 1.82) is 0 Å². The van der Waals surface area contributed by atoms with Crippen LogP contribution in [0.1, 0.15) is 22.8 Å². The van der Waals surface area contributed by atoms with E-state index in [1.807, 2.05) is 0 Å². The van der Waals surface area contributed by atoms with E-state index in [1.165, 1.54) is 12.1 Å².